The van der Waals surface area contributed by atoms with Crippen molar-refractivity contribution in [2.45, 2.75) is 32.6 Å². The Morgan fingerprint density at radius 1 is 1.10 bits per heavy atom. The number of benzene rings is 2. The number of amides is 1. The molecule has 2 rings (SSSR count). The van der Waals surface area contributed by atoms with Gasteiger partial charge in [0.25, 0.3) is 5.91 Å². The van der Waals surface area contributed by atoms with E-state index in [-0.39, 0.29) is 11.9 Å². The smallest absolute Gasteiger partial charge is 0.305 e. The summed E-state index contributed by atoms with van der Waals surface area (Å²) in [6.45, 7) is 2.70. The van der Waals surface area contributed by atoms with Crippen LogP contribution in [0.1, 0.15) is 43.0 Å². The second kappa shape index (κ2) is 11.3. The third-order valence-corrected chi connectivity index (χ3v) is 4.66. The van der Waals surface area contributed by atoms with E-state index in [9.17, 15) is 9.59 Å². The molecule has 156 valence electrons. The molecule has 0 heterocycles. The Kier molecular flexibility index (Phi) is 8.80. The van der Waals surface area contributed by atoms with Crippen molar-refractivity contribution in [1.82, 2.24) is 0 Å². The van der Waals surface area contributed by atoms with Crippen LogP contribution in [0.2, 0.25) is 5.02 Å². The molecule has 1 amide bonds. The van der Waals surface area contributed by atoms with Gasteiger partial charge in [-0.3, -0.25) is 9.59 Å². The van der Waals surface area contributed by atoms with Crippen molar-refractivity contribution in [3.8, 4) is 5.75 Å². The lowest BCUT2D eigenvalue weighted by Gasteiger charge is -2.21. The Balaban J connectivity index is 1.94. The van der Waals surface area contributed by atoms with Crippen LogP contribution in [0.3, 0.4) is 0 Å². The summed E-state index contributed by atoms with van der Waals surface area (Å²) in [4.78, 5) is 25.7. The first-order valence-electron chi connectivity index (χ1n) is 9.64. The minimum Gasteiger partial charge on any atom is -0.491 e. The number of anilines is 2. The second-order valence-electron chi connectivity index (χ2n) is 6.54. The lowest BCUT2D eigenvalue weighted by molar-refractivity contribution is -0.143. The molecule has 0 fully saturated rings. The summed E-state index contributed by atoms with van der Waals surface area (Å²) in [7, 11) is 1.68. The minimum atomic E-state index is -0.250. The quantitative estimate of drug-likeness (QED) is 0.343. The molecule has 0 aliphatic heterocycles. The van der Waals surface area contributed by atoms with Gasteiger partial charge in [0.2, 0.25) is 0 Å². The molecule has 0 aliphatic rings. The average molecular weight is 419 g/mol. The molecule has 7 heteroatoms. The number of ether oxygens (including phenoxy) is 2. The monoisotopic (exact) mass is 418 g/mol. The van der Waals surface area contributed by atoms with Crippen molar-refractivity contribution in [3.63, 3.8) is 0 Å². The zero-order chi connectivity index (χ0) is 21.2. The number of nitrogen functional groups attached to an aromatic ring is 1. The SMILES string of the molecule is CCOC(=O)CCCCCOc1ccccc1N(C)C(=O)c1ccc(N)cc1Cl. The van der Waals surface area contributed by atoms with Crippen LogP contribution in [0.25, 0.3) is 0 Å². The molecular formula is C22H27ClN2O4. The fraction of sp³-hybridized carbons (Fsp3) is 0.364. The molecule has 29 heavy (non-hydrogen) atoms. The van der Waals surface area contributed by atoms with Crippen molar-refractivity contribution in [2.75, 3.05) is 30.9 Å². The van der Waals surface area contributed by atoms with E-state index < -0.39 is 0 Å². The summed E-state index contributed by atoms with van der Waals surface area (Å²) in [5, 5.41) is 0.307. The van der Waals surface area contributed by atoms with Crippen LogP contribution >= 0.6 is 11.6 Å². The van der Waals surface area contributed by atoms with Gasteiger partial charge in [-0.1, -0.05) is 23.7 Å². The maximum atomic E-state index is 12.9. The van der Waals surface area contributed by atoms with Crippen LogP contribution in [0.5, 0.6) is 5.75 Å². The van der Waals surface area contributed by atoms with Crippen LogP contribution in [0, 0.1) is 0 Å². The van der Waals surface area contributed by atoms with Gasteiger partial charge >= 0.3 is 5.97 Å². The highest BCUT2D eigenvalue weighted by Crippen LogP contribution is 2.30. The number of halogens is 1. The first-order chi connectivity index (χ1) is 13.9. The fourth-order valence-electron chi connectivity index (χ4n) is 2.81. The number of nitrogens with zero attached hydrogens (tertiary/aromatic N) is 1. The number of para-hydroxylation sites is 2. The molecule has 0 atom stereocenters. The summed E-state index contributed by atoms with van der Waals surface area (Å²) in [5.41, 5.74) is 7.23. The van der Waals surface area contributed by atoms with Crippen LogP contribution in [-0.4, -0.2) is 32.1 Å². The topological polar surface area (TPSA) is 81.9 Å². The van der Waals surface area contributed by atoms with Crippen molar-refractivity contribution >= 4 is 34.9 Å². The lowest BCUT2D eigenvalue weighted by atomic mass is 10.1. The molecule has 0 spiro atoms. The summed E-state index contributed by atoms with van der Waals surface area (Å²) < 4.78 is 10.8. The Morgan fingerprint density at radius 3 is 2.59 bits per heavy atom. The van der Waals surface area contributed by atoms with E-state index in [1.54, 1.807) is 32.2 Å². The van der Waals surface area contributed by atoms with Crippen molar-refractivity contribution in [2.24, 2.45) is 0 Å². The predicted molar refractivity (Wildman–Crippen MR) is 116 cm³/mol. The van der Waals surface area contributed by atoms with Gasteiger partial charge in [0.1, 0.15) is 5.75 Å². The zero-order valence-electron chi connectivity index (χ0n) is 16.8. The number of nitrogens with two attached hydrogens (primary N) is 1. The molecule has 2 aromatic carbocycles. The van der Waals surface area contributed by atoms with Gasteiger partial charge in [-0.2, -0.15) is 0 Å². The number of carbonyl (C=O) groups excluding carboxylic acids is 2. The zero-order valence-corrected chi connectivity index (χ0v) is 17.6. The van der Waals surface area contributed by atoms with E-state index in [1.807, 2.05) is 24.3 Å². The number of hydrogen-bond donors (Lipinski definition) is 1. The Morgan fingerprint density at radius 2 is 1.86 bits per heavy atom. The van der Waals surface area contributed by atoms with Crippen molar-refractivity contribution < 1.29 is 19.1 Å². The first kappa shape index (κ1) is 22.6. The molecule has 0 radical (unpaired) electrons. The molecular weight excluding hydrogens is 392 g/mol. The summed E-state index contributed by atoms with van der Waals surface area (Å²) in [5.74, 6) is 0.195. The van der Waals surface area contributed by atoms with Gasteiger partial charge in [-0.15, -0.1) is 0 Å². The van der Waals surface area contributed by atoms with Gasteiger partial charge in [-0.05, 0) is 56.5 Å². The average Bonchev–Trinajstić information content (AvgIpc) is 2.70. The number of unbranched alkanes of at least 4 members (excludes halogenated alkanes) is 2. The number of carbonyl (C=O) groups is 2. The van der Waals surface area contributed by atoms with E-state index in [4.69, 9.17) is 26.8 Å². The number of rotatable bonds is 10. The van der Waals surface area contributed by atoms with Gasteiger partial charge in [0.05, 0.1) is 29.5 Å². The number of esters is 1. The molecule has 6 nitrogen and oxygen atoms in total. The molecule has 0 saturated carbocycles. The third kappa shape index (κ3) is 6.68. The molecule has 0 aromatic heterocycles. The fourth-order valence-corrected chi connectivity index (χ4v) is 3.08. The summed E-state index contributed by atoms with van der Waals surface area (Å²) >= 11 is 6.18. The summed E-state index contributed by atoms with van der Waals surface area (Å²) in [6, 6.07) is 12.2. The highest BCUT2D eigenvalue weighted by molar-refractivity contribution is 6.34. The molecule has 0 unspecified atom stereocenters. The molecule has 2 N–H and O–H groups in total. The van der Waals surface area contributed by atoms with Crippen LogP contribution in [0.15, 0.2) is 42.5 Å². The normalized spacial score (nSPS) is 10.4. The lowest BCUT2D eigenvalue weighted by Crippen LogP contribution is -2.27. The van der Waals surface area contributed by atoms with E-state index in [0.29, 0.717) is 47.3 Å². The highest BCUT2D eigenvalue weighted by atomic mass is 35.5. The molecule has 0 aliphatic carbocycles. The Labute approximate surface area is 176 Å². The minimum absolute atomic E-state index is 0.166. The van der Waals surface area contributed by atoms with E-state index in [0.717, 1.165) is 19.3 Å². The standard InChI is InChI=1S/C22H27ClN2O4/c1-3-28-21(26)11-5-4-8-14-29-20-10-7-6-9-19(20)25(2)22(27)17-13-12-16(24)15-18(17)23/h6-7,9-10,12-13,15H,3-5,8,11,14,24H2,1-2H3. The van der Waals surface area contributed by atoms with Crippen LogP contribution < -0.4 is 15.4 Å². The summed E-state index contributed by atoms with van der Waals surface area (Å²) in [6.07, 6.45) is 2.84. The first-order valence-corrected chi connectivity index (χ1v) is 10.0. The largest absolute Gasteiger partial charge is 0.491 e. The van der Waals surface area contributed by atoms with E-state index in [1.165, 1.54) is 4.90 Å². The highest BCUT2D eigenvalue weighted by Gasteiger charge is 2.19. The maximum Gasteiger partial charge on any atom is 0.305 e. The van der Waals surface area contributed by atoms with Gasteiger partial charge in [-0.25, -0.2) is 0 Å². The third-order valence-electron chi connectivity index (χ3n) is 4.34. The Bertz CT molecular complexity index is 841. The molecule has 0 bridgehead atoms. The van der Waals surface area contributed by atoms with Crippen molar-refractivity contribution in [3.05, 3.63) is 53.1 Å². The maximum absolute atomic E-state index is 12.9. The number of hydrogen-bond acceptors (Lipinski definition) is 5. The van der Waals surface area contributed by atoms with Crippen LogP contribution in [-0.2, 0) is 9.53 Å². The molecule has 0 saturated heterocycles. The predicted octanol–water partition coefficient (Wildman–Crippen LogP) is 4.70. The second-order valence-corrected chi connectivity index (χ2v) is 6.94. The van der Waals surface area contributed by atoms with E-state index >= 15 is 0 Å². The van der Waals surface area contributed by atoms with E-state index in [2.05, 4.69) is 0 Å². The molecule has 2 aromatic rings. The van der Waals surface area contributed by atoms with Gasteiger partial charge in [0, 0.05) is 19.2 Å². The van der Waals surface area contributed by atoms with Crippen LogP contribution in [0.4, 0.5) is 11.4 Å². The van der Waals surface area contributed by atoms with Gasteiger partial charge < -0.3 is 20.1 Å². The Hall–Kier alpha value is -2.73. The van der Waals surface area contributed by atoms with Gasteiger partial charge in [0.15, 0.2) is 0 Å². The van der Waals surface area contributed by atoms with Crippen molar-refractivity contribution in [1.29, 1.82) is 0 Å².